The maximum absolute atomic E-state index is 12.9. The standard InChI is InChI=1S/C36H36F3NO4/c37-36(38,39)44-35-13-7-6-12-33(35)34-19-18-32(43-34)26-40(20-21-41)25-28-14-15-30-24-31(17-16-29(30)23-28)42-22-8-2-5-11-27-9-3-1-4-10-27/h1,3-4,6-7,9-10,12-19,23-24,41H,2,5,8,11,20-22,25-26H2. The van der Waals surface area contributed by atoms with E-state index in [0.29, 0.717) is 32.0 Å². The number of ether oxygens (including phenoxy) is 2. The molecule has 4 aromatic carbocycles. The Bertz CT molecular complexity index is 1620. The number of benzene rings is 4. The molecule has 0 atom stereocenters. The van der Waals surface area contributed by atoms with Crippen LogP contribution in [0.2, 0.25) is 0 Å². The summed E-state index contributed by atoms with van der Waals surface area (Å²) in [6, 6.07) is 32.1. The first-order valence-corrected chi connectivity index (χ1v) is 14.8. The van der Waals surface area contributed by atoms with Crippen LogP contribution in [0.4, 0.5) is 13.2 Å². The number of hydrogen-bond acceptors (Lipinski definition) is 5. The second-order valence-electron chi connectivity index (χ2n) is 10.7. The Kier molecular flexibility index (Phi) is 10.6. The number of nitrogens with zero attached hydrogens (tertiary/aromatic N) is 1. The minimum atomic E-state index is -4.80. The molecule has 1 aromatic heterocycles. The number of aliphatic hydroxyl groups excluding tert-OH is 1. The van der Waals surface area contributed by atoms with Gasteiger partial charge in [-0.3, -0.25) is 4.90 Å². The van der Waals surface area contributed by atoms with Crippen molar-refractivity contribution in [3.8, 4) is 22.8 Å². The highest BCUT2D eigenvalue weighted by atomic mass is 19.4. The van der Waals surface area contributed by atoms with Gasteiger partial charge in [0.15, 0.2) is 0 Å². The highest BCUT2D eigenvalue weighted by molar-refractivity contribution is 5.84. The number of furan rings is 1. The highest BCUT2D eigenvalue weighted by Gasteiger charge is 2.32. The van der Waals surface area contributed by atoms with Crippen LogP contribution in [0.1, 0.15) is 36.1 Å². The molecule has 0 amide bonds. The molecule has 0 fully saturated rings. The molecule has 0 spiro atoms. The summed E-state index contributed by atoms with van der Waals surface area (Å²) in [4.78, 5) is 2.02. The predicted octanol–water partition coefficient (Wildman–Crippen LogP) is 8.78. The van der Waals surface area contributed by atoms with Crippen LogP contribution in [0.3, 0.4) is 0 Å². The Labute approximate surface area is 255 Å². The third-order valence-corrected chi connectivity index (χ3v) is 7.34. The van der Waals surface area contributed by atoms with Crippen molar-refractivity contribution in [1.29, 1.82) is 0 Å². The van der Waals surface area contributed by atoms with Gasteiger partial charge in [0.05, 0.1) is 25.3 Å². The number of unbranched alkanes of at least 4 members (excludes halogenated alkanes) is 2. The van der Waals surface area contributed by atoms with Gasteiger partial charge in [0.1, 0.15) is 23.0 Å². The number of aliphatic hydroxyl groups is 1. The molecule has 1 heterocycles. The van der Waals surface area contributed by atoms with Crippen molar-refractivity contribution in [2.45, 2.75) is 45.1 Å². The average molecular weight is 604 g/mol. The summed E-state index contributed by atoms with van der Waals surface area (Å²) in [6.45, 7) is 1.97. The SMILES string of the molecule is OCCN(Cc1ccc2cc(OCCCCCc3ccccc3)ccc2c1)Cc1ccc(-c2ccccc2OC(F)(F)F)o1. The molecular formula is C36H36F3NO4. The van der Waals surface area contributed by atoms with Gasteiger partial charge in [0, 0.05) is 13.1 Å². The van der Waals surface area contributed by atoms with Crippen molar-refractivity contribution < 1.29 is 32.2 Å². The van der Waals surface area contributed by atoms with Gasteiger partial charge < -0.3 is 19.0 Å². The third kappa shape index (κ3) is 9.11. The lowest BCUT2D eigenvalue weighted by molar-refractivity contribution is -0.274. The lowest BCUT2D eigenvalue weighted by Crippen LogP contribution is -2.25. The molecule has 44 heavy (non-hydrogen) atoms. The molecule has 1 N–H and O–H groups in total. The number of rotatable bonds is 15. The van der Waals surface area contributed by atoms with E-state index >= 15 is 0 Å². The van der Waals surface area contributed by atoms with Crippen molar-refractivity contribution >= 4 is 10.8 Å². The molecule has 8 heteroatoms. The van der Waals surface area contributed by atoms with E-state index in [1.54, 1.807) is 18.2 Å². The number of aryl methyl sites for hydroxylation is 1. The van der Waals surface area contributed by atoms with Crippen molar-refractivity contribution in [2.75, 3.05) is 19.8 Å². The minimum Gasteiger partial charge on any atom is -0.494 e. The highest BCUT2D eigenvalue weighted by Crippen LogP contribution is 2.35. The Balaban J connectivity index is 1.16. The summed E-state index contributed by atoms with van der Waals surface area (Å²) >= 11 is 0. The van der Waals surface area contributed by atoms with Crippen molar-refractivity contribution in [3.63, 3.8) is 0 Å². The van der Waals surface area contributed by atoms with Gasteiger partial charge >= 0.3 is 6.36 Å². The van der Waals surface area contributed by atoms with Crippen molar-refractivity contribution in [2.24, 2.45) is 0 Å². The van der Waals surface area contributed by atoms with Crippen molar-refractivity contribution in [1.82, 2.24) is 4.90 Å². The fourth-order valence-electron chi connectivity index (χ4n) is 5.23. The molecule has 5 rings (SSSR count). The molecule has 0 radical (unpaired) electrons. The first kappa shape index (κ1) is 31.2. The summed E-state index contributed by atoms with van der Waals surface area (Å²) in [7, 11) is 0. The monoisotopic (exact) mass is 603 g/mol. The maximum atomic E-state index is 12.9. The molecule has 0 saturated carbocycles. The van der Waals surface area contributed by atoms with Crippen LogP contribution < -0.4 is 9.47 Å². The number of halogens is 3. The van der Waals surface area contributed by atoms with Gasteiger partial charge in [-0.1, -0.05) is 60.7 Å². The van der Waals surface area contributed by atoms with E-state index in [9.17, 15) is 18.3 Å². The molecule has 0 aliphatic heterocycles. The number of alkyl halides is 3. The zero-order valence-corrected chi connectivity index (χ0v) is 24.4. The van der Waals surface area contributed by atoms with E-state index in [0.717, 1.165) is 47.8 Å². The minimum absolute atomic E-state index is 0.0453. The van der Waals surface area contributed by atoms with Crippen LogP contribution in [0.25, 0.3) is 22.1 Å². The zero-order chi connectivity index (χ0) is 30.8. The molecule has 5 nitrogen and oxygen atoms in total. The van der Waals surface area contributed by atoms with Crippen molar-refractivity contribution in [3.05, 3.63) is 120 Å². The topological polar surface area (TPSA) is 55.1 Å². The predicted molar refractivity (Wildman–Crippen MR) is 165 cm³/mol. The number of para-hydroxylation sites is 1. The fourth-order valence-corrected chi connectivity index (χ4v) is 5.23. The summed E-state index contributed by atoms with van der Waals surface area (Å²) in [6.07, 6.45) is -0.439. The van der Waals surface area contributed by atoms with E-state index < -0.39 is 6.36 Å². The van der Waals surface area contributed by atoms with Gasteiger partial charge in [-0.05, 0) is 90.0 Å². The van der Waals surface area contributed by atoms with Gasteiger partial charge in [-0.15, -0.1) is 13.2 Å². The van der Waals surface area contributed by atoms with Gasteiger partial charge in [0.25, 0.3) is 0 Å². The number of fused-ring (bicyclic) bond motifs is 1. The van der Waals surface area contributed by atoms with Crippen LogP contribution >= 0.6 is 0 Å². The van der Waals surface area contributed by atoms with Crippen LogP contribution in [0.5, 0.6) is 11.5 Å². The largest absolute Gasteiger partial charge is 0.573 e. The summed E-state index contributed by atoms with van der Waals surface area (Å²) in [5.41, 5.74) is 2.65. The van der Waals surface area contributed by atoms with Crippen LogP contribution in [0, 0.1) is 0 Å². The summed E-state index contributed by atoms with van der Waals surface area (Å²) < 4.78 is 54.7. The second kappa shape index (κ2) is 14.9. The number of hydrogen-bond donors (Lipinski definition) is 1. The van der Waals surface area contributed by atoms with Crippen LogP contribution in [0.15, 0.2) is 108 Å². The summed E-state index contributed by atoms with van der Waals surface area (Å²) in [5, 5.41) is 11.9. The van der Waals surface area contributed by atoms with Crippen LogP contribution in [-0.2, 0) is 19.5 Å². The molecule has 5 aromatic rings. The van der Waals surface area contributed by atoms with E-state index in [4.69, 9.17) is 9.15 Å². The molecule has 0 saturated heterocycles. The summed E-state index contributed by atoms with van der Waals surface area (Å²) in [5.74, 6) is 1.38. The average Bonchev–Trinajstić information content (AvgIpc) is 3.47. The molecule has 0 aliphatic rings. The van der Waals surface area contributed by atoms with E-state index in [2.05, 4.69) is 59.3 Å². The maximum Gasteiger partial charge on any atom is 0.573 e. The molecule has 0 aliphatic carbocycles. The van der Waals surface area contributed by atoms with Crippen LogP contribution in [-0.4, -0.2) is 36.1 Å². The van der Waals surface area contributed by atoms with Gasteiger partial charge in [-0.2, -0.15) is 0 Å². The van der Waals surface area contributed by atoms with E-state index in [-0.39, 0.29) is 23.7 Å². The molecule has 230 valence electrons. The molecule has 0 unspecified atom stereocenters. The zero-order valence-electron chi connectivity index (χ0n) is 24.4. The lowest BCUT2D eigenvalue weighted by Gasteiger charge is -2.20. The van der Waals surface area contributed by atoms with E-state index in [1.807, 2.05) is 17.0 Å². The van der Waals surface area contributed by atoms with Gasteiger partial charge in [0.2, 0.25) is 0 Å². The normalized spacial score (nSPS) is 11.8. The smallest absolute Gasteiger partial charge is 0.494 e. The second-order valence-corrected chi connectivity index (χ2v) is 10.7. The fraction of sp³-hybridized carbons (Fsp3) is 0.278. The molecular weight excluding hydrogens is 567 g/mol. The Hall–Kier alpha value is -4.27. The Morgan fingerprint density at radius 1 is 0.727 bits per heavy atom. The Morgan fingerprint density at radius 3 is 2.32 bits per heavy atom. The van der Waals surface area contributed by atoms with Gasteiger partial charge in [-0.25, -0.2) is 0 Å². The lowest BCUT2D eigenvalue weighted by atomic mass is 10.1. The third-order valence-electron chi connectivity index (χ3n) is 7.34. The first-order valence-electron chi connectivity index (χ1n) is 14.8. The Morgan fingerprint density at radius 2 is 1.50 bits per heavy atom. The van der Waals surface area contributed by atoms with E-state index in [1.165, 1.54) is 23.8 Å². The molecule has 0 bridgehead atoms. The first-order chi connectivity index (χ1) is 21.4. The quantitative estimate of drug-likeness (QED) is 0.121.